The van der Waals surface area contributed by atoms with E-state index < -0.39 is 0 Å². The molecule has 0 aromatic heterocycles. The van der Waals surface area contributed by atoms with Crippen LogP contribution >= 0.6 is 11.8 Å². The molecule has 1 aliphatic heterocycles. The van der Waals surface area contributed by atoms with Gasteiger partial charge >= 0.3 is 0 Å². The van der Waals surface area contributed by atoms with Crippen LogP contribution in [0.25, 0.3) is 0 Å². The second-order valence-corrected chi connectivity index (χ2v) is 8.05. The van der Waals surface area contributed by atoms with Gasteiger partial charge in [0.2, 0.25) is 0 Å². The Balaban J connectivity index is 1.59. The maximum atomic E-state index is 12.4. The van der Waals surface area contributed by atoms with E-state index in [1.54, 1.807) is 11.8 Å². The molecule has 4 heteroatoms. The maximum absolute atomic E-state index is 12.4. The van der Waals surface area contributed by atoms with Crippen molar-refractivity contribution in [1.29, 1.82) is 0 Å². The Morgan fingerprint density at radius 1 is 1.20 bits per heavy atom. The first kappa shape index (κ1) is 18.0. The first-order valence-corrected chi connectivity index (χ1v) is 9.85. The van der Waals surface area contributed by atoms with Gasteiger partial charge in [0.15, 0.2) is 0 Å². The summed E-state index contributed by atoms with van der Waals surface area (Å²) < 4.78 is 0. The third kappa shape index (κ3) is 4.44. The number of amides is 1. The van der Waals surface area contributed by atoms with E-state index in [0.717, 1.165) is 24.3 Å². The van der Waals surface area contributed by atoms with Crippen LogP contribution in [0.1, 0.15) is 34.0 Å². The van der Waals surface area contributed by atoms with Crippen molar-refractivity contribution >= 4 is 17.7 Å². The first-order valence-electron chi connectivity index (χ1n) is 8.86. The summed E-state index contributed by atoms with van der Waals surface area (Å²) in [5.74, 6) is 1.05. The summed E-state index contributed by atoms with van der Waals surface area (Å²) in [5.41, 5.74) is 4.86. The molecule has 25 heavy (non-hydrogen) atoms. The van der Waals surface area contributed by atoms with Crippen molar-refractivity contribution in [3.05, 3.63) is 64.7 Å². The summed E-state index contributed by atoms with van der Waals surface area (Å²) in [6.45, 7) is 5.89. The van der Waals surface area contributed by atoms with Gasteiger partial charge in [-0.3, -0.25) is 9.69 Å². The lowest BCUT2D eigenvalue weighted by atomic mass is 9.93. The fraction of sp³-hybridized carbons (Fsp3) is 0.381. The van der Waals surface area contributed by atoms with E-state index >= 15 is 0 Å². The topological polar surface area (TPSA) is 32.3 Å². The van der Waals surface area contributed by atoms with Gasteiger partial charge in [-0.25, -0.2) is 0 Å². The number of likely N-dealkylation sites (N-methyl/N-ethyl adjacent to an activating group) is 1. The number of nitrogens with zero attached hydrogens (tertiary/aromatic N) is 1. The zero-order valence-electron chi connectivity index (χ0n) is 15.2. The molecule has 0 saturated carbocycles. The molecule has 0 aliphatic carbocycles. The van der Waals surface area contributed by atoms with Gasteiger partial charge in [-0.05, 0) is 61.5 Å². The normalized spacial score (nSPS) is 17.2. The van der Waals surface area contributed by atoms with Crippen molar-refractivity contribution < 1.29 is 4.79 Å². The second kappa shape index (κ2) is 8.07. The zero-order valence-corrected chi connectivity index (χ0v) is 16.0. The molecule has 2 aromatic carbocycles. The lowest BCUT2D eigenvalue weighted by Crippen LogP contribution is -2.45. The number of hydrogen-bond donors (Lipinski definition) is 1. The average molecular weight is 355 g/mol. The van der Waals surface area contributed by atoms with Gasteiger partial charge in [-0.15, -0.1) is 11.8 Å². The van der Waals surface area contributed by atoms with E-state index in [2.05, 4.69) is 49.3 Å². The third-order valence-electron chi connectivity index (χ3n) is 4.79. The number of carbonyl (C=O) groups is 1. The van der Waals surface area contributed by atoms with Crippen LogP contribution in [0.2, 0.25) is 0 Å². The summed E-state index contributed by atoms with van der Waals surface area (Å²) in [6, 6.07) is 14.9. The van der Waals surface area contributed by atoms with Gasteiger partial charge in [0.1, 0.15) is 0 Å². The summed E-state index contributed by atoms with van der Waals surface area (Å²) >= 11 is 1.79. The van der Waals surface area contributed by atoms with Gasteiger partial charge in [0, 0.05) is 29.6 Å². The summed E-state index contributed by atoms with van der Waals surface area (Å²) in [7, 11) is 2.14. The van der Waals surface area contributed by atoms with E-state index in [0.29, 0.717) is 12.6 Å². The van der Waals surface area contributed by atoms with Gasteiger partial charge in [0.05, 0.1) is 0 Å². The molecule has 1 atom stereocenters. The Labute approximate surface area is 154 Å². The van der Waals surface area contributed by atoms with Crippen LogP contribution in [0.5, 0.6) is 0 Å². The Kier molecular flexibility index (Phi) is 5.82. The predicted molar refractivity (Wildman–Crippen MR) is 105 cm³/mol. The number of carbonyl (C=O) groups excluding carboxylic acids is 1. The standard InChI is InChI=1S/C21H26N2OS/c1-4-25-20-9-7-16(8-10-20)21(24)22-13-19-12-17-6-5-15(2)11-18(17)14-23(19)3/h5-11,19H,4,12-14H2,1-3H3,(H,22,24). The molecule has 1 unspecified atom stereocenters. The Morgan fingerprint density at radius 3 is 2.68 bits per heavy atom. The summed E-state index contributed by atoms with van der Waals surface area (Å²) in [4.78, 5) is 16.0. The quantitative estimate of drug-likeness (QED) is 0.827. The van der Waals surface area contributed by atoms with Crippen molar-refractivity contribution in [2.45, 2.75) is 37.8 Å². The first-order chi connectivity index (χ1) is 12.1. The van der Waals surface area contributed by atoms with Crippen molar-refractivity contribution in [3.63, 3.8) is 0 Å². The molecule has 1 amide bonds. The van der Waals surface area contributed by atoms with E-state index in [9.17, 15) is 4.79 Å². The molecule has 1 heterocycles. The number of nitrogens with one attached hydrogen (secondary N) is 1. The highest BCUT2D eigenvalue weighted by molar-refractivity contribution is 7.99. The van der Waals surface area contributed by atoms with Crippen molar-refractivity contribution in [2.24, 2.45) is 0 Å². The Hall–Kier alpha value is -1.78. The fourth-order valence-electron chi connectivity index (χ4n) is 3.32. The van der Waals surface area contributed by atoms with Crippen molar-refractivity contribution in [3.8, 4) is 0 Å². The lowest BCUT2D eigenvalue weighted by Gasteiger charge is -2.34. The molecular formula is C21H26N2OS. The molecule has 2 aromatic rings. The van der Waals surface area contributed by atoms with Crippen molar-refractivity contribution in [1.82, 2.24) is 10.2 Å². The molecule has 3 nitrogen and oxygen atoms in total. The maximum Gasteiger partial charge on any atom is 0.251 e. The molecule has 0 saturated heterocycles. The smallest absolute Gasteiger partial charge is 0.251 e. The van der Waals surface area contributed by atoms with E-state index in [1.807, 2.05) is 24.3 Å². The van der Waals surface area contributed by atoms with Gasteiger partial charge in [-0.1, -0.05) is 30.7 Å². The minimum atomic E-state index is 0.0103. The number of aryl methyl sites for hydroxylation is 1. The lowest BCUT2D eigenvalue weighted by molar-refractivity contribution is 0.0934. The number of benzene rings is 2. The number of thioether (sulfide) groups is 1. The van der Waals surface area contributed by atoms with Crippen LogP contribution < -0.4 is 5.32 Å². The number of rotatable bonds is 5. The molecule has 0 radical (unpaired) electrons. The highest BCUT2D eigenvalue weighted by Crippen LogP contribution is 2.23. The second-order valence-electron chi connectivity index (χ2n) is 6.71. The van der Waals surface area contributed by atoms with Gasteiger partial charge in [-0.2, -0.15) is 0 Å². The molecule has 0 bridgehead atoms. The monoisotopic (exact) mass is 354 g/mol. The predicted octanol–water partition coefficient (Wildman–Crippen LogP) is 3.89. The van der Waals surface area contributed by atoms with Crippen molar-refractivity contribution in [2.75, 3.05) is 19.3 Å². The minimum absolute atomic E-state index is 0.0103. The fourth-order valence-corrected chi connectivity index (χ4v) is 3.98. The van der Waals surface area contributed by atoms with E-state index in [-0.39, 0.29) is 5.91 Å². The highest BCUT2D eigenvalue weighted by atomic mass is 32.2. The largest absolute Gasteiger partial charge is 0.350 e. The van der Waals surface area contributed by atoms with Gasteiger partial charge in [0.25, 0.3) is 5.91 Å². The average Bonchev–Trinajstić information content (AvgIpc) is 2.60. The Bertz CT molecular complexity index is 742. The number of hydrogen-bond acceptors (Lipinski definition) is 3. The summed E-state index contributed by atoms with van der Waals surface area (Å²) in [5, 5.41) is 3.11. The Morgan fingerprint density at radius 2 is 1.96 bits per heavy atom. The van der Waals surface area contributed by atoms with E-state index in [4.69, 9.17) is 0 Å². The van der Waals surface area contributed by atoms with Crippen LogP contribution in [0.4, 0.5) is 0 Å². The SMILES string of the molecule is CCSc1ccc(C(=O)NCC2Cc3ccc(C)cc3CN2C)cc1. The molecule has 3 rings (SSSR count). The van der Waals surface area contributed by atoms with Crippen LogP contribution in [0.3, 0.4) is 0 Å². The van der Waals surface area contributed by atoms with Crippen LogP contribution in [-0.4, -0.2) is 36.2 Å². The van der Waals surface area contributed by atoms with Crippen LogP contribution in [0, 0.1) is 6.92 Å². The molecular weight excluding hydrogens is 328 g/mol. The number of fused-ring (bicyclic) bond motifs is 1. The van der Waals surface area contributed by atoms with E-state index in [1.165, 1.54) is 21.6 Å². The molecule has 1 aliphatic rings. The van der Waals surface area contributed by atoms with Gasteiger partial charge < -0.3 is 5.32 Å². The molecule has 1 N–H and O–H groups in total. The summed E-state index contributed by atoms with van der Waals surface area (Å²) in [6.07, 6.45) is 0.985. The zero-order chi connectivity index (χ0) is 17.8. The minimum Gasteiger partial charge on any atom is -0.350 e. The third-order valence-corrected chi connectivity index (χ3v) is 5.68. The molecule has 0 fully saturated rings. The highest BCUT2D eigenvalue weighted by Gasteiger charge is 2.23. The molecule has 132 valence electrons. The molecule has 0 spiro atoms. The van der Waals surface area contributed by atoms with Crippen LogP contribution in [0.15, 0.2) is 47.4 Å². The van der Waals surface area contributed by atoms with Crippen LogP contribution in [-0.2, 0) is 13.0 Å².